The summed E-state index contributed by atoms with van der Waals surface area (Å²) in [5.74, 6) is -0.196. The second-order valence-electron chi connectivity index (χ2n) is 14.1. The predicted octanol–water partition coefficient (Wildman–Crippen LogP) is 8.28. The van der Waals surface area contributed by atoms with E-state index in [1.807, 2.05) is 49.5 Å². The molecular formula is C41H46ClN5O4. The number of aromatic carboxylic acids is 1. The first-order valence-corrected chi connectivity index (χ1v) is 18.3. The van der Waals surface area contributed by atoms with Gasteiger partial charge in [0.15, 0.2) is 0 Å². The number of benzene rings is 3. The van der Waals surface area contributed by atoms with Crippen LogP contribution in [-0.2, 0) is 26.6 Å². The van der Waals surface area contributed by atoms with Gasteiger partial charge in [-0.25, -0.2) is 4.79 Å². The van der Waals surface area contributed by atoms with Gasteiger partial charge in [0.05, 0.1) is 23.4 Å². The number of aryl methyl sites for hydroxylation is 6. The fourth-order valence-electron chi connectivity index (χ4n) is 8.08. The average Bonchev–Trinajstić information content (AvgIpc) is 3.79. The van der Waals surface area contributed by atoms with Crippen LogP contribution in [0.5, 0.6) is 5.75 Å². The van der Waals surface area contributed by atoms with Crippen LogP contribution in [0.1, 0.15) is 80.2 Å². The zero-order valence-corrected chi connectivity index (χ0v) is 30.9. The van der Waals surface area contributed by atoms with E-state index in [2.05, 4.69) is 40.7 Å². The molecule has 0 atom stereocenters. The second-order valence-corrected chi connectivity index (χ2v) is 14.5. The molecule has 7 rings (SSSR count). The number of aromatic nitrogens is 3. The molecule has 0 aliphatic carbocycles. The van der Waals surface area contributed by atoms with Gasteiger partial charge in [0.25, 0.3) is 5.91 Å². The largest absolute Gasteiger partial charge is 0.494 e. The Hall–Kier alpha value is -4.76. The fraction of sp³-hybridized carbons (Fsp3) is 0.390. The molecule has 0 saturated carbocycles. The number of carbonyl (C=O) groups excluding carboxylic acids is 1. The number of hydrogen-bond donors (Lipinski definition) is 1. The Morgan fingerprint density at radius 2 is 1.71 bits per heavy atom. The Kier molecular flexibility index (Phi) is 9.59. The van der Waals surface area contributed by atoms with E-state index in [-0.39, 0.29) is 11.5 Å². The van der Waals surface area contributed by atoms with Crippen molar-refractivity contribution in [3.05, 3.63) is 98.5 Å². The molecule has 0 spiro atoms. The molecule has 2 aromatic heterocycles. The van der Waals surface area contributed by atoms with Crippen LogP contribution < -0.4 is 9.64 Å². The highest BCUT2D eigenvalue weighted by Crippen LogP contribution is 2.39. The quantitative estimate of drug-likeness (QED) is 0.147. The number of ether oxygens (including phenoxy) is 1. The van der Waals surface area contributed by atoms with Crippen molar-refractivity contribution in [2.75, 3.05) is 31.1 Å². The van der Waals surface area contributed by atoms with Crippen LogP contribution in [0, 0.1) is 27.7 Å². The Labute approximate surface area is 304 Å². The zero-order valence-electron chi connectivity index (χ0n) is 30.2. The standard InChI is InChI=1S/C41H46ClN5O4/c1-25-19-32(20-26(2)37(25)42)51-18-9-13-34-33-11-8-12-35(36-27(3)43-44(5)28(36)4)38(33)47-17-10-16-46(40(48)39(34)47)24-29-21-30(41(49)50)23-31(22-29)45-14-6-7-15-45/h8,11-12,19-23H,6-7,9-10,13-18,24H2,1-5H3,(H,49,50). The molecular weight excluding hydrogens is 662 g/mol. The lowest BCUT2D eigenvalue weighted by Crippen LogP contribution is -2.31. The summed E-state index contributed by atoms with van der Waals surface area (Å²) >= 11 is 6.40. The maximum absolute atomic E-state index is 14.9. The third-order valence-electron chi connectivity index (χ3n) is 10.6. The summed E-state index contributed by atoms with van der Waals surface area (Å²) in [4.78, 5) is 31.2. The summed E-state index contributed by atoms with van der Waals surface area (Å²) in [6.45, 7) is 12.0. The molecule has 5 aromatic rings. The normalized spacial score (nSPS) is 14.7. The monoisotopic (exact) mass is 707 g/mol. The number of halogens is 1. The van der Waals surface area contributed by atoms with Crippen LogP contribution >= 0.6 is 11.6 Å². The van der Waals surface area contributed by atoms with Crippen molar-refractivity contribution in [2.45, 2.75) is 72.9 Å². The maximum Gasteiger partial charge on any atom is 0.335 e. The first-order chi connectivity index (χ1) is 24.5. The van der Waals surface area contributed by atoms with E-state index in [1.165, 1.54) is 0 Å². The number of anilines is 1. The van der Waals surface area contributed by atoms with Gasteiger partial charge in [-0.2, -0.15) is 5.10 Å². The number of amides is 1. The van der Waals surface area contributed by atoms with Crippen LogP contribution in [0.3, 0.4) is 0 Å². The fourth-order valence-corrected chi connectivity index (χ4v) is 8.19. The Balaban J connectivity index is 1.27. The van der Waals surface area contributed by atoms with Gasteiger partial charge >= 0.3 is 5.97 Å². The molecule has 10 heteroatoms. The lowest BCUT2D eigenvalue weighted by Gasteiger charge is -2.24. The summed E-state index contributed by atoms with van der Waals surface area (Å²) in [7, 11) is 1.97. The molecule has 0 bridgehead atoms. The molecule has 4 heterocycles. The number of para-hydroxylation sites is 1. The molecule has 2 aliphatic rings. The summed E-state index contributed by atoms with van der Waals surface area (Å²) in [6.07, 6.45) is 4.34. The van der Waals surface area contributed by atoms with E-state index in [0.29, 0.717) is 38.4 Å². The van der Waals surface area contributed by atoms with Crippen molar-refractivity contribution in [1.82, 2.24) is 19.2 Å². The van der Waals surface area contributed by atoms with E-state index in [9.17, 15) is 14.7 Å². The minimum atomic E-state index is -0.957. The number of carboxylic acids is 1. The first kappa shape index (κ1) is 34.7. The molecule has 1 saturated heterocycles. The highest BCUT2D eigenvalue weighted by Gasteiger charge is 2.31. The van der Waals surface area contributed by atoms with Gasteiger partial charge in [-0.1, -0.05) is 29.8 Å². The van der Waals surface area contributed by atoms with Crippen LogP contribution in [0.4, 0.5) is 5.69 Å². The molecule has 1 amide bonds. The maximum atomic E-state index is 14.9. The first-order valence-electron chi connectivity index (χ1n) is 18.0. The zero-order chi connectivity index (χ0) is 36.0. The molecule has 9 nitrogen and oxygen atoms in total. The number of carbonyl (C=O) groups is 2. The van der Waals surface area contributed by atoms with Crippen molar-refractivity contribution in [3.63, 3.8) is 0 Å². The van der Waals surface area contributed by atoms with Crippen LogP contribution in [0.25, 0.3) is 22.0 Å². The molecule has 0 radical (unpaired) electrons. The lowest BCUT2D eigenvalue weighted by molar-refractivity contribution is 0.0696. The van der Waals surface area contributed by atoms with Gasteiger partial charge in [0.1, 0.15) is 11.4 Å². The van der Waals surface area contributed by atoms with Crippen molar-refractivity contribution >= 4 is 40.1 Å². The number of fused-ring (bicyclic) bond motifs is 3. The topological polar surface area (TPSA) is 92.8 Å². The van der Waals surface area contributed by atoms with Gasteiger partial charge in [0, 0.05) is 72.7 Å². The van der Waals surface area contributed by atoms with Crippen molar-refractivity contribution in [3.8, 4) is 16.9 Å². The van der Waals surface area contributed by atoms with Crippen LogP contribution in [-0.4, -0.2) is 62.5 Å². The molecule has 266 valence electrons. The van der Waals surface area contributed by atoms with E-state index < -0.39 is 5.97 Å². The average molecular weight is 708 g/mol. The van der Waals surface area contributed by atoms with E-state index in [0.717, 1.165) is 111 Å². The molecule has 0 unspecified atom stereocenters. The lowest BCUT2D eigenvalue weighted by atomic mass is 9.98. The second kappa shape index (κ2) is 14.1. The van der Waals surface area contributed by atoms with Gasteiger partial charge in [-0.15, -0.1) is 0 Å². The predicted molar refractivity (Wildman–Crippen MR) is 203 cm³/mol. The smallest absolute Gasteiger partial charge is 0.335 e. The number of hydrogen-bond acceptors (Lipinski definition) is 5. The molecule has 1 fully saturated rings. The van der Waals surface area contributed by atoms with E-state index >= 15 is 0 Å². The summed E-state index contributed by atoms with van der Waals surface area (Å²) in [5, 5.41) is 16.5. The number of rotatable bonds is 10. The highest BCUT2D eigenvalue weighted by molar-refractivity contribution is 6.32. The Morgan fingerprint density at radius 3 is 2.39 bits per heavy atom. The third kappa shape index (κ3) is 6.60. The Morgan fingerprint density at radius 1 is 0.961 bits per heavy atom. The molecule has 2 aliphatic heterocycles. The van der Waals surface area contributed by atoms with Crippen LogP contribution in [0.15, 0.2) is 48.5 Å². The van der Waals surface area contributed by atoms with Gasteiger partial charge in [0.2, 0.25) is 0 Å². The van der Waals surface area contributed by atoms with Crippen LogP contribution in [0.2, 0.25) is 5.02 Å². The molecule has 3 aromatic carbocycles. The minimum absolute atomic E-state index is 0.0300. The number of carboxylic acid groups (broad SMARTS) is 1. The van der Waals surface area contributed by atoms with Gasteiger partial charge < -0.3 is 24.2 Å². The Bertz CT molecular complexity index is 2140. The molecule has 1 N–H and O–H groups in total. The van der Waals surface area contributed by atoms with Crippen molar-refractivity contribution < 1.29 is 19.4 Å². The summed E-state index contributed by atoms with van der Waals surface area (Å²) < 4.78 is 10.4. The van der Waals surface area contributed by atoms with Gasteiger partial charge in [-0.05, 0) is 112 Å². The van der Waals surface area contributed by atoms with E-state index in [1.54, 1.807) is 12.1 Å². The minimum Gasteiger partial charge on any atom is -0.494 e. The summed E-state index contributed by atoms with van der Waals surface area (Å²) in [5.41, 5.74) is 11.0. The SMILES string of the molecule is Cc1cc(OCCCc2c3n(c4c(-c5c(C)nn(C)c5C)cccc24)CCCN(Cc2cc(C(=O)O)cc(N4CCCC4)c2)C3=O)cc(C)c1Cl. The third-order valence-corrected chi connectivity index (χ3v) is 11.2. The molecule has 51 heavy (non-hydrogen) atoms. The van der Waals surface area contributed by atoms with E-state index in [4.69, 9.17) is 21.4 Å². The van der Waals surface area contributed by atoms with Crippen molar-refractivity contribution in [1.29, 1.82) is 0 Å². The highest BCUT2D eigenvalue weighted by atomic mass is 35.5. The summed E-state index contributed by atoms with van der Waals surface area (Å²) in [6, 6.07) is 15.9. The van der Waals surface area contributed by atoms with Crippen molar-refractivity contribution in [2.24, 2.45) is 7.05 Å². The van der Waals surface area contributed by atoms with Gasteiger partial charge in [-0.3, -0.25) is 9.48 Å². The number of nitrogens with zero attached hydrogens (tertiary/aromatic N) is 5.